The van der Waals surface area contributed by atoms with Crippen LogP contribution in [-0.2, 0) is 11.2 Å². The Morgan fingerprint density at radius 2 is 1.93 bits per heavy atom. The van der Waals surface area contributed by atoms with Gasteiger partial charge in [0.1, 0.15) is 0 Å². The largest absolute Gasteiger partial charge is 0.450 e. The van der Waals surface area contributed by atoms with Gasteiger partial charge in [-0.3, -0.25) is 4.99 Å². The second-order valence-electron chi connectivity index (χ2n) is 6.94. The van der Waals surface area contributed by atoms with Gasteiger partial charge in [-0.15, -0.1) is 0 Å². The minimum absolute atomic E-state index is 0.228. The summed E-state index contributed by atoms with van der Waals surface area (Å²) in [6.45, 7) is 13.4. The molecule has 0 radical (unpaired) electrons. The topological polar surface area (TPSA) is 41.9 Å². The van der Waals surface area contributed by atoms with Crippen LogP contribution in [0.15, 0.2) is 53.2 Å². The third kappa shape index (κ3) is 5.42. The van der Waals surface area contributed by atoms with Crippen molar-refractivity contribution in [2.45, 2.75) is 53.4 Å². The van der Waals surface area contributed by atoms with Gasteiger partial charge in [0, 0.05) is 29.9 Å². The van der Waals surface area contributed by atoms with Gasteiger partial charge < -0.3 is 9.64 Å². The van der Waals surface area contributed by atoms with Crippen LogP contribution < -0.4 is 0 Å². The maximum Gasteiger partial charge on any atom is 0.409 e. The van der Waals surface area contributed by atoms with E-state index >= 15 is 0 Å². The number of aryl methyl sites for hydroxylation is 1. The lowest BCUT2D eigenvalue weighted by Crippen LogP contribution is -2.37. The first-order valence-electron chi connectivity index (χ1n) is 10.9. The number of hydrogen-bond donors (Lipinski definition) is 0. The van der Waals surface area contributed by atoms with Crippen LogP contribution >= 0.6 is 11.6 Å². The highest BCUT2D eigenvalue weighted by molar-refractivity contribution is 6.34. The standard InChI is InChI=1S/C23H27ClN2O2.C2H6/c1-4-16-7-8-18-15-19(24)9-10-20(18)21(22(16)25-5-2)17-11-13-26(14-12-17)23(27)28-6-3;1-2/h4-5,9-10,15H,2,6-8,11-14H2,1,3H3;1-2H3/b16-4-,25-22?;. The van der Waals surface area contributed by atoms with Crippen LogP contribution in [0.3, 0.4) is 0 Å². The summed E-state index contributed by atoms with van der Waals surface area (Å²) in [5.74, 6) is 0. The summed E-state index contributed by atoms with van der Waals surface area (Å²) in [5, 5.41) is 0.756. The summed E-state index contributed by atoms with van der Waals surface area (Å²) in [5.41, 5.74) is 7.17. The van der Waals surface area contributed by atoms with Crippen molar-refractivity contribution in [1.29, 1.82) is 0 Å². The number of carbonyl (C=O) groups excluding carboxylic acids is 1. The average molecular weight is 429 g/mol. The van der Waals surface area contributed by atoms with E-state index in [2.05, 4.69) is 36.7 Å². The molecule has 2 aliphatic rings. The molecule has 3 rings (SSSR count). The number of benzene rings is 1. The molecule has 30 heavy (non-hydrogen) atoms. The Balaban J connectivity index is 0.00000155. The lowest BCUT2D eigenvalue weighted by atomic mass is 9.87. The molecular formula is C25H33ClN2O2. The first-order valence-corrected chi connectivity index (χ1v) is 11.2. The third-order valence-corrected chi connectivity index (χ3v) is 5.59. The molecule has 5 heteroatoms. The van der Waals surface area contributed by atoms with E-state index in [0.717, 1.165) is 36.4 Å². The third-order valence-electron chi connectivity index (χ3n) is 5.36. The van der Waals surface area contributed by atoms with Gasteiger partial charge >= 0.3 is 6.09 Å². The van der Waals surface area contributed by atoms with Gasteiger partial charge in [-0.2, -0.15) is 0 Å². The summed E-state index contributed by atoms with van der Waals surface area (Å²) < 4.78 is 5.16. The number of hydrogen-bond acceptors (Lipinski definition) is 3. The fourth-order valence-corrected chi connectivity index (χ4v) is 4.19. The summed E-state index contributed by atoms with van der Waals surface area (Å²) in [6.07, 6.45) is 7.00. The van der Waals surface area contributed by atoms with Crippen LogP contribution in [-0.4, -0.2) is 36.4 Å². The molecule has 0 bridgehead atoms. The molecule has 0 saturated carbocycles. The van der Waals surface area contributed by atoms with Crippen LogP contribution in [0, 0.1) is 0 Å². The highest BCUT2D eigenvalue weighted by Gasteiger charge is 2.28. The minimum Gasteiger partial charge on any atom is -0.450 e. The molecule has 0 atom stereocenters. The van der Waals surface area contributed by atoms with Gasteiger partial charge in [0.25, 0.3) is 0 Å². The normalized spacial score (nSPS) is 19.0. The van der Waals surface area contributed by atoms with E-state index in [0.29, 0.717) is 19.7 Å². The van der Waals surface area contributed by atoms with E-state index in [1.165, 1.54) is 27.8 Å². The lowest BCUT2D eigenvalue weighted by molar-refractivity contribution is 0.104. The zero-order chi connectivity index (χ0) is 22.1. The zero-order valence-electron chi connectivity index (χ0n) is 18.6. The molecule has 1 aromatic carbocycles. The SMILES string of the molecule is C=CN=C1C(=C2CCN(C(=O)OCC)CC2)c2ccc(Cl)cc2CC/C1=C/C.CC. The predicted octanol–water partition coefficient (Wildman–Crippen LogP) is 6.85. The van der Waals surface area contributed by atoms with Crippen LogP contribution in [0.2, 0.25) is 5.02 Å². The quantitative estimate of drug-likeness (QED) is 0.483. The second-order valence-corrected chi connectivity index (χ2v) is 7.38. The van der Waals surface area contributed by atoms with Crippen molar-refractivity contribution in [1.82, 2.24) is 4.90 Å². The van der Waals surface area contributed by atoms with Crippen molar-refractivity contribution >= 4 is 29.0 Å². The molecule has 1 heterocycles. The molecule has 0 N–H and O–H groups in total. The zero-order valence-corrected chi connectivity index (χ0v) is 19.4. The number of aliphatic imine (C=N–C) groups is 1. The molecule has 1 saturated heterocycles. The van der Waals surface area contributed by atoms with Crippen molar-refractivity contribution in [3.63, 3.8) is 0 Å². The first-order chi connectivity index (χ1) is 14.6. The summed E-state index contributed by atoms with van der Waals surface area (Å²) >= 11 is 6.28. The van der Waals surface area contributed by atoms with Crippen LogP contribution in [0.5, 0.6) is 0 Å². The molecule has 162 valence electrons. The number of fused-ring (bicyclic) bond motifs is 1. The van der Waals surface area contributed by atoms with Crippen LogP contribution in [0.25, 0.3) is 5.57 Å². The van der Waals surface area contributed by atoms with Crippen LogP contribution in [0.1, 0.15) is 58.1 Å². The molecule has 1 amide bonds. The van der Waals surface area contributed by atoms with Crippen molar-refractivity contribution < 1.29 is 9.53 Å². The van der Waals surface area contributed by atoms with Gasteiger partial charge in [-0.25, -0.2) is 4.79 Å². The van der Waals surface area contributed by atoms with Gasteiger partial charge in [-0.1, -0.05) is 49.7 Å². The molecule has 1 aliphatic heterocycles. The van der Waals surface area contributed by atoms with Crippen molar-refractivity contribution in [2.75, 3.05) is 19.7 Å². The first kappa shape index (κ1) is 23.9. The highest BCUT2D eigenvalue weighted by Crippen LogP contribution is 2.37. The molecule has 1 aromatic rings. The Morgan fingerprint density at radius 1 is 1.23 bits per heavy atom. The number of likely N-dealkylation sites (tertiary alicyclic amines) is 1. The summed E-state index contributed by atoms with van der Waals surface area (Å²) in [6, 6.07) is 6.12. The minimum atomic E-state index is -0.228. The number of carbonyl (C=O) groups is 1. The predicted molar refractivity (Wildman–Crippen MR) is 127 cm³/mol. The van der Waals surface area contributed by atoms with Gasteiger partial charge in [0.05, 0.1) is 12.3 Å². The maximum atomic E-state index is 12.1. The maximum absolute atomic E-state index is 12.1. The molecule has 0 spiro atoms. The van der Waals surface area contributed by atoms with E-state index in [1.54, 1.807) is 11.1 Å². The number of rotatable bonds is 2. The molecule has 0 unspecified atom stereocenters. The van der Waals surface area contributed by atoms with Crippen molar-refractivity contribution in [3.8, 4) is 0 Å². The van der Waals surface area contributed by atoms with E-state index < -0.39 is 0 Å². The second kappa shape index (κ2) is 11.8. The monoisotopic (exact) mass is 428 g/mol. The fraction of sp³-hybridized carbons (Fsp3) is 0.440. The number of nitrogens with zero attached hydrogens (tertiary/aromatic N) is 2. The van der Waals surface area contributed by atoms with E-state index in [4.69, 9.17) is 16.3 Å². The molecular weight excluding hydrogens is 396 g/mol. The number of amides is 1. The van der Waals surface area contributed by atoms with E-state index in [-0.39, 0.29) is 6.09 Å². The van der Waals surface area contributed by atoms with E-state index in [1.807, 2.05) is 26.8 Å². The fourth-order valence-electron chi connectivity index (χ4n) is 3.99. The molecule has 4 nitrogen and oxygen atoms in total. The Labute approximate surface area is 186 Å². The smallest absolute Gasteiger partial charge is 0.409 e. The summed E-state index contributed by atoms with van der Waals surface area (Å²) in [4.78, 5) is 18.5. The number of ether oxygens (including phenoxy) is 1. The van der Waals surface area contributed by atoms with Crippen molar-refractivity contribution in [2.24, 2.45) is 4.99 Å². The number of allylic oxidation sites excluding steroid dienone is 3. The average Bonchev–Trinajstić information content (AvgIpc) is 2.92. The van der Waals surface area contributed by atoms with Gasteiger partial charge in [0.15, 0.2) is 0 Å². The molecule has 1 aliphatic carbocycles. The van der Waals surface area contributed by atoms with Crippen LogP contribution in [0.4, 0.5) is 4.79 Å². The van der Waals surface area contributed by atoms with Crippen molar-refractivity contribution in [3.05, 3.63) is 64.3 Å². The highest BCUT2D eigenvalue weighted by atomic mass is 35.5. The number of halogens is 1. The Kier molecular flexibility index (Phi) is 9.38. The Bertz CT molecular complexity index is 858. The van der Waals surface area contributed by atoms with Gasteiger partial charge in [-0.05, 0) is 68.4 Å². The van der Waals surface area contributed by atoms with Gasteiger partial charge in [0.2, 0.25) is 0 Å². The lowest BCUT2D eigenvalue weighted by Gasteiger charge is -2.29. The Hall–Kier alpha value is -2.33. The molecule has 0 aromatic heterocycles. The summed E-state index contributed by atoms with van der Waals surface area (Å²) in [7, 11) is 0. The Morgan fingerprint density at radius 3 is 2.53 bits per heavy atom. The van der Waals surface area contributed by atoms with E-state index in [9.17, 15) is 4.79 Å². The molecule has 1 fully saturated rings. The number of piperidine rings is 1.